The number of oxazole rings is 1. The minimum Gasteiger partial charge on any atom is -0.450 e. The quantitative estimate of drug-likeness (QED) is 0.832. The van der Waals surface area contributed by atoms with Gasteiger partial charge in [-0.25, -0.2) is 4.79 Å². The van der Waals surface area contributed by atoms with Gasteiger partial charge in [-0.2, -0.15) is 0 Å². The number of nitrogens with zero attached hydrogens (tertiary/aromatic N) is 1. The van der Waals surface area contributed by atoms with Crippen molar-refractivity contribution in [2.24, 2.45) is 0 Å². The summed E-state index contributed by atoms with van der Waals surface area (Å²) in [7, 11) is 0. The number of rotatable bonds is 3. The van der Waals surface area contributed by atoms with E-state index in [2.05, 4.69) is 10.3 Å². The summed E-state index contributed by atoms with van der Waals surface area (Å²) in [5, 5.41) is 2.80. The average molecular weight is 349 g/mol. The van der Waals surface area contributed by atoms with Crippen LogP contribution in [0.5, 0.6) is 0 Å². The van der Waals surface area contributed by atoms with Crippen LogP contribution < -0.4 is 5.32 Å². The molecule has 0 aliphatic carbocycles. The maximum atomic E-state index is 12.7. The summed E-state index contributed by atoms with van der Waals surface area (Å²) in [4.78, 5) is 29.2. The van der Waals surface area contributed by atoms with Crippen molar-refractivity contribution in [3.8, 4) is 0 Å². The summed E-state index contributed by atoms with van der Waals surface area (Å²) >= 11 is 4.95. The first kappa shape index (κ1) is 16.5. The number of amides is 2. The van der Waals surface area contributed by atoms with E-state index in [0.29, 0.717) is 30.8 Å². The molecule has 1 saturated heterocycles. The number of hydrogen-bond acceptors (Lipinski definition) is 5. The van der Waals surface area contributed by atoms with Gasteiger partial charge in [0.15, 0.2) is 5.58 Å². The van der Waals surface area contributed by atoms with Crippen LogP contribution in [-0.4, -0.2) is 47.6 Å². The molecule has 0 bridgehead atoms. The van der Waals surface area contributed by atoms with Crippen LogP contribution in [0.25, 0.3) is 11.1 Å². The molecule has 1 aliphatic heterocycles. The molecule has 2 aromatic rings. The summed E-state index contributed by atoms with van der Waals surface area (Å²) in [5.41, 5.74) is 1.86. The Morgan fingerprint density at radius 2 is 2.33 bits per heavy atom. The Bertz CT molecular complexity index is 813. The second-order valence-corrected chi connectivity index (χ2v) is 6.05. The lowest BCUT2D eigenvalue weighted by Crippen LogP contribution is -2.49. The Hall–Kier alpha value is -2.35. The second-order valence-electron chi connectivity index (χ2n) is 5.68. The number of aromatic amines is 1. The third-order valence-corrected chi connectivity index (χ3v) is 4.16. The minimum atomic E-state index is -0.442. The van der Waals surface area contributed by atoms with Gasteiger partial charge in [-0.05, 0) is 50.2 Å². The van der Waals surface area contributed by atoms with Gasteiger partial charge in [-0.3, -0.25) is 4.79 Å². The van der Waals surface area contributed by atoms with Crippen LogP contribution in [0.2, 0.25) is 0 Å². The molecule has 7 nitrogen and oxygen atoms in total. The average Bonchev–Trinajstić information content (AvgIpc) is 2.93. The van der Waals surface area contributed by atoms with E-state index in [-0.39, 0.29) is 16.8 Å². The van der Waals surface area contributed by atoms with Crippen LogP contribution >= 0.6 is 12.2 Å². The van der Waals surface area contributed by atoms with E-state index in [4.69, 9.17) is 21.4 Å². The molecule has 1 aromatic heterocycles. The fourth-order valence-corrected chi connectivity index (χ4v) is 3.08. The summed E-state index contributed by atoms with van der Waals surface area (Å²) in [6, 6.07) is 5.11. The lowest BCUT2D eigenvalue weighted by Gasteiger charge is -2.33. The summed E-state index contributed by atoms with van der Waals surface area (Å²) in [5.74, 6) is -0.0884. The first-order chi connectivity index (χ1) is 11.6. The first-order valence-electron chi connectivity index (χ1n) is 7.92. The summed E-state index contributed by atoms with van der Waals surface area (Å²) in [6.07, 6.45) is 1.21. The fourth-order valence-electron chi connectivity index (χ4n) is 2.88. The molecule has 3 rings (SSSR count). The second kappa shape index (κ2) is 7.04. The summed E-state index contributed by atoms with van der Waals surface area (Å²) < 4.78 is 10.3. The molecule has 0 spiro atoms. The van der Waals surface area contributed by atoms with Crippen molar-refractivity contribution < 1.29 is 18.7 Å². The number of ether oxygens (including phenoxy) is 1. The maximum Gasteiger partial charge on any atom is 0.407 e. The molecule has 2 amide bonds. The molecule has 2 N–H and O–H groups in total. The van der Waals surface area contributed by atoms with Crippen LogP contribution in [0.3, 0.4) is 0 Å². The highest BCUT2D eigenvalue weighted by atomic mass is 32.1. The highest BCUT2D eigenvalue weighted by Crippen LogP contribution is 2.19. The molecule has 0 unspecified atom stereocenters. The SMILES string of the molecule is CCOC(=O)N[C@H]1CCCN(C(=O)c2ccc3[nH]c(=S)oc3c2)C1. The number of H-pyrrole nitrogens is 1. The standard InChI is InChI=1S/C16H19N3O4S/c1-2-22-15(21)17-11-4-3-7-19(9-11)14(20)10-5-6-12-13(8-10)23-16(24)18-12/h5-6,8,11H,2-4,7,9H2,1H3,(H,17,21)(H,18,24)/t11-/m0/s1. The van der Waals surface area contributed by atoms with Crippen molar-refractivity contribution >= 4 is 35.3 Å². The lowest BCUT2D eigenvalue weighted by atomic mass is 10.0. The number of likely N-dealkylation sites (tertiary alicyclic amines) is 1. The van der Waals surface area contributed by atoms with Gasteiger partial charge in [0, 0.05) is 24.7 Å². The smallest absolute Gasteiger partial charge is 0.407 e. The van der Waals surface area contributed by atoms with Gasteiger partial charge < -0.3 is 24.4 Å². The van der Waals surface area contributed by atoms with Gasteiger partial charge in [0.25, 0.3) is 10.7 Å². The third-order valence-electron chi connectivity index (χ3n) is 3.97. The monoisotopic (exact) mass is 349 g/mol. The van der Waals surface area contributed by atoms with Gasteiger partial charge in [-0.15, -0.1) is 0 Å². The molecule has 8 heteroatoms. The number of alkyl carbamates (subject to hydrolysis) is 1. The normalized spacial score (nSPS) is 17.7. The molecule has 1 aliphatic rings. The topological polar surface area (TPSA) is 87.6 Å². The van der Waals surface area contributed by atoms with Crippen molar-refractivity contribution in [3.05, 3.63) is 28.6 Å². The Morgan fingerprint density at radius 3 is 3.12 bits per heavy atom. The molecule has 2 heterocycles. The lowest BCUT2D eigenvalue weighted by molar-refractivity contribution is 0.0686. The number of carbonyl (C=O) groups excluding carboxylic acids is 2. The van der Waals surface area contributed by atoms with Crippen LogP contribution in [0.4, 0.5) is 4.79 Å². The van der Waals surface area contributed by atoms with E-state index in [0.717, 1.165) is 18.4 Å². The Kier molecular flexibility index (Phi) is 4.84. The number of piperidine rings is 1. The number of nitrogens with one attached hydrogen (secondary N) is 2. The van der Waals surface area contributed by atoms with E-state index in [1.807, 2.05) is 0 Å². The molecular formula is C16H19N3O4S. The highest BCUT2D eigenvalue weighted by molar-refractivity contribution is 7.71. The van der Waals surface area contributed by atoms with Crippen molar-refractivity contribution in [1.29, 1.82) is 0 Å². The minimum absolute atomic E-state index is 0.0884. The molecule has 0 radical (unpaired) electrons. The van der Waals surface area contributed by atoms with E-state index in [9.17, 15) is 9.59 Å². The Balaban J connectivity index is 1.70. The zero-order valence-corrected chi connectivity index (χ0v) is 14.1. The van der Waals surface area contributed by atoms with Crippen molar-refractivity contribution in [2.75, 3.05) is 19.7 Å². The predicted octanol–water partition coefficient (Wildman–Crippen LogP) is 2.84. The first-order valence-corrected chi connectivity index (χ1v) is 8.33. The molecule has 1 aromatic carbocycles. The van der Waals surface area contributed by atoms with Gasteiger partial charge in [0.1, 0.15) is 0 Å². The van der Waals surface area contributed by atoms with Gasteiger partial charge in [0.05, 0.1) is 12.1 Å². The van der Waals surface area contributed by atoms with Gasteiger partial charge in [0.2, 0.25) is 0 Å². The predicted molar refractivity (Wildman–Crippen MR) is 90.5 cm³/mol. The summed E-state index contributed by atoms with van der Waals surface area (Å²) in [6.45, 7) is 3.21. The van der Waals surface area contributed by atoms with Crippen LogP contribution in [0, 0.1) is 4.84 Å². The Labute approximate surface area is 144 Å². The number of aromatic nitrogens is 1. The molecule has 0 saturated carbocycles. The number of hydrogen-bond donors (Lipinski definition) is 2. The molecule has 24 heavy (non-hydrogen) atoms. The zero-order valence-electron chi connectivity index (χ0n) is 13.3. The van der Waals surface area contributed by atoms with E-state index in [1.54, 1.807) is 30.0 Å². The highest BCUT2D eigenvalue weighted by Gasteiger charge is 2.26. The largest absolute Gasteiger partial charge is 0.450 e. The Morgan fingerprint density at radius 1 is 1.50 bits per heavy atom. The number of carbonyl (C=O) groups is 2. The third kappa shape index (κ3) is 3.59. The van der Waals surface area contributed by atoms with Gasteiger partial charge in [-0.1, -0.05) is 0 Å². The molecule has 1 atom stereocenters. The fraction of sp³-hybridized carbons (Fsp3) is 0.438. The van der Waals surface area contributed by atoms with E-state index in [1.165, 1.54) is 0 Å². The van der Waals surface area contributed by atoms with Crippen LogP contribution in [0.15, 0.2) is 22.6 Å². The van der Waals surface area contributed by atoms with Crippen molar-refractivity contribution in [1.82, 2.24) is 15.2 Å². The molecule has 1 fully saturated rings. The maximum absolute atomic E-state index is 12.7. The molecule has 128 valence electrons. The van der Waals surface area contributed by atoms with E-state index >= 15 is 0 Å². The molecular weight excluding hydrogens is 330 g/mol. The zero-order chi connectivity index (χ0) is 17.1. The number of fused-ring (bicyclic) bond motifs is 1. The van der Waals surface area contributed by atoms with Crippen molar-refractivity contribution in [3.63, 3.8) is 0 Å². The number of benzene rings is 1. The van der Waals surface area contributed by atoms with Gasteiger partial charge >= 0.3 is 6.09 Å². The van der Waals surface area contributed by atoms with Crippen LogP contribution in [0.1, 0.15) is 30.1 Å². The van der Waals surface area contributed by atoms with Crippen LogP contribution in [-0.2, 0) is 4.74 Å². The van der Waals surface area contributed by atoms with Crippen molar-refractivity contribution in [2.45, 2.75) is 25.8 Å². The van der Waals surface area contributed by atoms with E-state index < -0.39 is 6.09 Å².